The minimum atomic E-state index is -0.951. The lowest BCUT2D eigenvalue weighted by molar-refractivity contribution is -0.136. The molecule has 0 saturated heterocycles. The number of carbonyl (C=O) groups excluding carboxylic acids is 3. The zero-order valence-electron chi connectivity index (χ0n) is 17.8. The fourth-order valence-electron chi connectivity index (χ4n) is 2.69. The molecule has 3 aromatic carbocycles. The zero-order chi connectivity index (χ0) is 23.8. The van der Waals surface area contributed by atoms with E-state index in [1.54, 1.807) is 73.7 Å². The molecule has 0 spiro atoms. The average molecular weight is 466 g/mol. The van der Waals surface area contributed by atoms with Crippen LogP contribution in [0, 0.1) is 6.92 Å². The number of rotatable bonds is 6. The molecule has 3 rings (SSSR count). The third kappa shape index (κ3) is 6.41. The second-order valence-corrected chi connectivity index (χ2v) is 7.16. The molecule has 2 amide bonds. The minimum absolute atomic E-state index is 0.292. The predicted octanol–water partition coefficient (Wildman–Crippen LogP) is 3.97. The lowest BCUT2D eigenvalue weighted by Crippen LogP contribution is -2.32. The number of hydrazone groups is 1. The third-order valence-electron chi connectivity index (χ3n) is 4.50. The van der Waals surface area contributed by atoms with Gasteiger partial charge in [0.05, 0.1) is 18.9 Å². The molecule has 0 atom stereocenters. The van der Waals surface area contributed by atoms with Gasteiger partial charge < -0.3 is 14.8 Å². The number of anilines is 1. The summed E-state index contributed by atoms with van der Waals surface area (Å²) in [5.41, 5.74) is 4.13. The van der Waals surface area contributed by atoms with Gasteiger partial charge in [-0.15, -0.1) is 0 Å². The van der Waals surface area contributed by atoms with Crippen molar-refractivity contribution < 1.29 is 23.9 Å². The number of amides is 2. The molecule has 0 aliphatic carbocycles. The molecule has 168 valence electrons. The number of carbonyl (C=O) groups is 3. The number of halogens is 1. The Morgan fingerprint density at radius 2 is 1.67 bits per heavy atom. The van der Waals surface area contributed by atoms with Crippen LogP contribution in [0.4, 0.5) is 5.69 Å². The number of methoxy groups -OCH3 is 1. The average Bonchev–Trinajstić information content (AvgIpc) is 2.82. The smallest absolute Gasteiger partial charge is 0.343 e. The van der Waals surface area contributed by atoms with Crippen molar-refractivity contribution in [2.24, 2.45) is 5.10 Å². The van der Waals surface area contributed by atoms with Crippen LogP contribution < -0.4 is 20.2 Å². The molecule has 3 aromatic rings. The Labute approximate surface area is 195 Å². The number of esters is 1. The number of nitrogens with one attached hydrogen (secondary N) is 2. The molecule has 0 unspecified atom stereocenters. The maximum atomic E-state index is 12.3. The van der Waals surface area contributed by atoms with Crippen molar-refractivity contribution in [2.75, 3.05) is 12.4 Å². The normalized spacial score (nSPS) is 10.5. The van der Waals surface area contributed by atoms with Crippen molar-refractivity contribution in [3.8, 4) is 11.5 Å². The highest BCUT2D eigenvalue weighted by molar-refractivity contribution is 6.40. The number of hydrogen-bond acceptors (Lipinski definition) is 6. The molecule has 2 N–H and O–H groups in total. The van der Waals surface area contributed by atoms with Gasteiger partial charge in [-0.2, -0.15) is 5.10 Å². The summed E-state index contributed by atoms with van der Waals surface area (Å²) < 4.78 is 10.4. The summed E-state index contributed by atoms with van der Waals surface area (Å²) in [5.74, 6) is -1.45. The molecule has 0 aromatic heterocycles. The van der Waals surface area contributed by atoms with Gasteiger partial charge in [-0.05, 0) is 66.6 Å². The second-order valence-electron chi connectivity index (χ2n) is 6.76. The SMILES string of the molecule is COc1ccc(C(=O)Oc2cccc(/C=N\NC(=O)C(=O)Nc3cccc(Cl)c3C)c2)cc1. The van der Waals surface area contributed by atoms with Gasteiger partial charge in [0.1, 0.15) is 11.5 Å². The number of benzene rings is 3. The van der Waals surface area contributed by atoms with E-state index in [0.717, 1.165) is 0 Å². The van der Waals surface area contributed by atoms with E-state index in [0.29, 0.717) is 38.9 Å². The van der Waals surface area contributed by atoms with Crippen LogP contribution in [0.2, 0.25) is 5.02 Å². The van der Waals surface area contributed by atoms with Crippen LogP contribution in [-0.4, -0.2) is 31.1 Å². The van der Waals surface area contributed by atoms with Crippen molar-refractivity contribution in [2.45, 2.75) is 6.92 Å². The Morgan fingerprint density at radius 3 is 2.39 bits per heavy atom. The molecule has 0 radical (unpaired) electrons. The summed E-state index contributed by atoms with van der Waals surface area (Å²) >= 11 is 6.01. The van der Waals surface area contributed by atoms with Gasteiger partial charge in [-0.1, -0.05) is 29.8 Å². The summed E-state index contributed by atoms with van der Waals surface area (Å²) in [6.07, 6.45) is 1.32. The van der Waals surface area contributed by atoms with Crippen molar-refractivity contribution >= 4 is 41.3 Å². The Bertz CT molecular complexity index is 1210. The first-order chi connectivity index (χ1) is 15.9. The van der Waals surface area contributed by atoms with Crippen molar-refractivity contribution in [3.63, 3.8) is 0 Å². The molecule has 8 nitrogen and oxygen atoms in total. The Morgan fingerprint density at radius 1 is 0.939 bits per heavy atom. The lowest BCUT2D eigenvalue weighted by Gasteiger charge is -2.08. The maximum Gasteiger partial charge on any atom is 0.343 e. The van der Waals surface area contributed by atoms with Crippen LogP contribution in [0.15, 0.2) is 71.8 Å². The topological polar surface area (TPSA) is 106 Å². The summed E-state index contributed by atoms with van der Waals surface area (Å²) in [6.45, 7) is 1.72. The van der Waals surface area contributed by atoms with Gasteiger partial charge in [0, 0.05) is 10.7 Å². The quantitative estimate of drug-likeness (QED) is 0.188. The molecule has 9 heteroatoms. The molecule has 0 aliphatic rings. The Hall–Kier alpha value is -4.17. The van der Waals surface area contributed by atoms with E-state index in [1.165, 1.54) is 13.3 Å². The van der Waals surface area contributed by atoms with Gasteiger partial charge in [-0.25, -0.2) is 10.2 Å². The van der Waals surface area contributed by atoms with Gasteiger partial charge in [0.15, 0.2) is 0 Å². The monoisotopic (exact) mass is 465 g/mol. The molecular formula is C24H20ClN3O5. The van der Waals surface area contributed by atoms with E-state index >= 15 is 0 Å². The van der Waals surface area contributed by atoms with Crippen LogP contribution in [-0.2, 0) is 9.59 Å². The van der Waals surface area contributed by atoms with E-state index in [9.17, 15) is 14.4 Å². The first kappa shape index (κ1) is 23.5. The Kier molecular flexibility index (Phi) is 7.77. The second kappa shape index (κ2) is 10.9. The highest BCUT2D eigenvalue weighted by atomic mass is 35.5. The van der Waals surface area contributed by atoms with Gasteiger partial charge in [-0.3, -0.25) is 9.59 Å². The van der Waals surface area contributed by atoms with E-state index in [2.05, 4.69) is 15.8 Å². The van der Waals surface area contributed by atoms with E-state index in [4.69, 9.17) is 21.1 Å². The van der Waals surface area contributed by atoms with Crippen LogP contribution in [0.3, 0.4) is 0 Å². The maximum absolute atomic E-state index is 12.3. The Balaban J connectivity index is 1.57. The molecular weight excluding hydrogens is 446 g/mol. The van der Waals surface area contributed by atoms with E-state index in [1.807, 2.05) is 0 Å². The van der Waals surface area contributed by atoms with E-state index < -0.39 is 17.8 Å². The van der Waals surface area contributed by atoms with Gasteiger partial charge in [0.25, 0.3) is 0 Å². The van der Waals surface area contributed by atoms with Crippen molar-refractivity contribution in [1.82, 2.24) is 5.43 Å². The lowest BCUT2D eigenvalue weighted by atomic mass is 10.2. The van der Waals surface area contributed by atoms with Crippen LogP contribution in [0.1, 0.15) is 21.5 Å². The van der Waals surface area contributed by atoms with Crippen molar-refractivity contribution in [3.05, 3.63) is 88.4 Å². The zero-order valence-corrected chi connectivity index (χ0v) is 18.6. The predicted molar refractivity (Wildman–Crippen MR) is 125 cm³/mol. The number of nitrogens with zero attached hydrogens (tertiary/aromatic N) is 1. The number of hydrogen-bond donors (Lipinski definition) is 2. The third-order valence-corrected chi connectivity index (χ3v) is 4.91. The molecule has 0 aliphatic heterocycles. The highest BCUT2D eigenvalue weighted by Gasteiger charge is 2.14. The van der Waals surface area contributed by atoms with Crippen LogP contribution in [0.25, 0.3) is 0 Å². The summed E-state index contributed by atoms with van der Waals surface area (Å²) in [5, 5.41) is 6.73. The fraction of sp³-hybridized carbons (Fsp3) is 0.0833. The molecule has 0 saturated carbocycles. The first-order valence-corrected chi connectivity index (χ1v) is 10.1. The standard InChI is InChI=1S/C24H20ClN3O5/c1-15-20(25)7-4-8-21(15)27-22(29)23(30)28-26-14-16-5-3-6-19(13-16)33-24(31)17-9-11-18(32-2)12-10-17/h3-14H,1-2H3,(H,27,29)(H,28,30)/b26-14-. The van der Waals surface area contributed by atoms with Crippen molar-refractivity contribution in [1.29, 1.82) is 0 Å². The highest BCUT2D eigenvalue weighted by Crippen LogP contribution is 2.22. The van der Waals surface area contributed by atoms with Crippen LogP contribution in [0.5, 0.6) is 11.5 Å². The summed E-state index contributed by atoms with van der Waals surface area (Å²) in [4.78, 5) is 36.4. The van der Waals surface area contributed by atoms with Crippen LogP contribution >= 0.6 is 11.6 Å². The first-order valence-electron chi connectivity index (χ1n) is 9.73. The molecule has 33 heavy (non-hydrogen) atoms. The summed E-state index contributed by atoms with van der Waals surface area (Å²) in [6, 6.07) is 18.0. The summed E-state index contributed by atoms with van der Waals surface area (Å²) in [7, 11) is 1.54. The number of ether oxygens (including phenoxy) is 2. The van der Waals surface area contributed by atoms with Gasteiger partial charge in [0.2, 0.25) is 0 Å². The fourth-order valence-corrected chi connectivity index (χ4v) is 2.86. The molecule has 0 heterocycles. The van der Waals surface area contributed by atoms with Gasteiger partial charge >= 0.3 is 17.8 Å². The minimum Gasteiger partial charge on any atom is -0.497 e. The van der Waals surface area contributed by atoms with E-state index in [-0.39, 0.29) is 0 Å². The molecule has 0 bridgehead atoms. The largest absolute Gasteiger partial charge is 0.497 e. The molecule has 0 fully saturated rings.